The molecule has 0 saturated heterocycles. The summed E-state index contributed by atoms with van der Waals surface area (Å²) < 4.78 is 12.8. The van der Waals surface area contributed by atoms with E-state index in [1.807, 2.05) is 42.5 Å². The van der Waals surface area contributed by atoms with Crippen LogP contribution in [-0.4, -0.2) is 17.8 Å². The molecule has 2 aliphatic heterocycles. The SMILES string of the molecule is COc1cccc(C2=NN3[C@@H](c4ccc(Br)cc4)Oc4ccccc4[C@@H]3C2)c1. The zero-order valence-electron chi connectivity index (χ0n) is 15.4. The number of benzene rings is 3. The lowest BCUT2D eigenvalue weighted by Crippen LogP contribution is -2.33. The van der Waals surface area contributed by atoms with Gasteiger partial charge in [-0.2, -0.15) is 5.10 Å². The van der Waals surface area contributed by atoms with Crippen LogP contribution >= 0.6 is 15.9 Å². The van der Waals surface area contributed by atoms with E-state index in [0.29, 0.717) is 0 Å². The molecule has 0 amide bonds. The Labute approximate surface area is 172 Å². The molecule has 0 aliphatic carbocycles. The standard InChI is InChI=1S/C23H19BrN2O2/c1-27-18-6-4-5-16(13-18)20-14-21-19-7-2-3-8-22(19)28-23(26(21)25-20)15-9-11-17(24)12-10-15/h2-13,21,23H,14H2,1H3/t21-,23+/m0/s1. The molecule has 0 fully saturated rings. The lowest BCUT2D eigenvalue weighted by atomic mass is 9.96. The van der Waals surface area contributed by atoms with Crippen molar-refractivity contribution in [2.24, 2.45) is 5.10 Å². The largest absolute Gasteiger partial charge is 0.497 e. The molecule has 28 heavy (non-hydrogen) atoms. The Hall–Kier alpha value is -2.79. The van der Waals surface area contributed by atoms with Crippen LogP contribution in [0.4, 0.5) is 0 Å². The van der Waals surface area contributed by atoms with Crippen molar-refractivity contribution >= 4 is 21.6 Å². The lowest BCUT2D eigenvalue weighted by Gasteiger charge is -2.38. The van der Waals surface area contributed by atoms with Crippen LogP contribution in [0.5, 0.6) is 11.5 Å². The van der Waals surface area contributed by atoms with Crippen LogP contribution in [0.25, 0.3) is 0 Å². The Balaban J connectivity index is 1.58. The molecule has 2 aliphatic rings. The minimum absolute atomic E-state index is 0.153. The van der Waals surface area contributed by atoms with Crippen molar-refractivity contribution in [2.45, 2.75) is 18.7 Å². The quantitative estimate of drug-likeness (QED) is 0.529. The smallest absolute Gasteiger partial charge is 0.213 e. The van der Waals surface area contributed by atoms with Crippen LogP contribution in [0, 0.1) is 0 Å². The molecule has 0 spiro atoms. The molecule has 4 nitrogen and oxygen atoms in total. The summed E-state index contributed by atoms with van der Waals surface area (Å²) >= 11 is 3.51. The van der Waals surface area contributed by atoms with Gasteiger partial charge in [0.15, 0.2) is 0 Å². The van der Waals surface area contributed by atoms with Crippen LogP contribution in [0.2, 0.25) is 0 Å². The molecule has 0 N–H and O–H groups in total. The van der Waals surface area contributed by atoms with Crippen molar-refractivity contribution < 1.29 is 9.47 Å². The number of halogens is 1. The van der Waals surface area contributed by atoms with Crippen molar-refractivity contribution in [2.75, 3.05) is 7.11 Å². The molecule has 5 rings (SSSR count). The van der Waals surface area contributed by atoms with E-state index in [4.69, 9.17) is 14.6 Å². The first-order valence-corrected chi connectivity index (χ1v) is 10.0. The molecular formula is C23H19BrN2O2. The fourth-order valence-corrected chi connectivity index (χ4v) is 4.12. The maximum absolute atomic E-state index is 6.38. The van der Waals surface area contributed by atoms with Gasteiger partial charge >= 0.3 is 0 Å². The highest BCUT2D eigenvalue weighted by molar-refractivity contribution is 9.10. The molecule has 0 bridgehead atoms. The topological polar surface area (TPSA) is 34.1 Å². The third-order valence-corrected chi connectivity index (χ3v) is 5.79. The number of ether oxygens (including phenoxy) is 2. The number of rotatable bonds is 3. The Morgan fingerprint density at radius 1 is 1.04 bits per heavy atom. The summed E-state index contributed by atoms with van der Waals surface area (Å²) in [6.07, 6.45) is 0.580. The average molecular weight is 435 g/mol. The summed E-state index contributed by atoms with van der Waals surface area (Å²) in [5, 5.41) is 7.09. The highest BCUT2D eigenvalue weighted by atomic mass is 79.9. The molecule has 0 aromatic heterocycles. The van der Waals surface area contributed by atoms with Crippen molar-refractivity contribution in [3.8, 4) is 11.5 Å². The predicted molar refractivity (Wildman–Crippen MR) is 113 cm³/mol. The van der Waals surface area contributed by atoms with Gasteiger partial charge in [0.25, 0.3) is 0 Å². The Morgan fingerprint density at radius 2 is 1.86 bits per heavy atom. The van der Waals surface area contributed by atoms with E-state index in [1.54, 1.807) is 7.11 Å². The van der Waals surface area contributed by atoms with Crippen molar-refractivity contribution in [1.82, 2.24) is 5.01 Å². The Bertz CT molecular complexity index is 1050. The van der Waals surface area contributed by atoms with Gasteiger partial charge in [-0.15, -0.1) is 0 Å². The van der Waals surface area contributed by atoms with E-state index in [1.165, 1.54) is 5.56 Å². The molecule has 3 aromatic rings. The first kappa shape index (κ1) is 17.3. The monoisotopic (exact) mass is 434 g/mol. The average Bonchev–Trinajstić information content (AvgIpc) is 3.20. The van der Waals surface area contributed by atoms with Gasteiger partial charge in [-0.25, -0.2) is 5.01 Å². The van der Waals surface area contributed by atoms with Crippen LogP contribution in [0.3, 0.4) is 0 Å². The van der Waals surface area contributed by atoms with E-state index >= 15 is 0 Å². The van der Waals surface area contributed by atoms with Gasteiger partial charge in [0.1, 0.15) is 11.5 Å². The first-order valence-electron chi connectivity index (χ1n) is 9.24. The number of nitrogens with zero attached hydrogens (tertiary/aromatic N) is 2. The summed E-state index contributed by atoms with van der Waals surface area (Å²) in [6.45, 7) is 0. The zero-order valence-corrected chi connectivity index (χ0v) is 17.0. The number of hydrogen-bond donors (Lipinski definition) is 0. The van der Waals surface area contributed by atoms with Crippen molar-refractivity contribution in [1.29, 1.82) is 0 Å². The van der Waals surface area contributed by atoms with Crippen molar-refractivity contribution in [3.05, 3.63) is 94.0 Å². The van der Waals surface area contributed by atoms with Crippen LogP contribution in [0.15, 0.2) is 82.4 Å². The molecule has 5 heteroatoms. The minimum Gasteiger partial charge on any atom is -0.497 e. The maximum atomic E-state index is 6.38. The number of hydrogen-bond acceptors (Lipinski definition) is 4. The van der Waals surface area contributed by atoms with Gasteiger partial charge < -0.3 is 9.47 Å². The summed E-state index contributed by atoms with van der Waals surface area (Å²) in [5.74, 6) is 1.77. The number of para-hydroxylation sites is 1. The maximum Gasteiger partial charge on any atom is 0.213 e. The Kier molecular flexibility index (Phi) is 4.32. The third kappa shape index (κ3) is 2.96. The molecule has 140 valence electrons. The molecule has 0 saturated carbocycles. The second-order valence-electron chi connectivity index (χ2n) is 6.94. The fraction of sp³-hybridized carbons (Fsp3) is 0.174. The van der Waals surface area contributed by atoms with Gasteiger partial charge in [0.2, 0.25) is 6.23 Å². The second kappa shape index (κ2) is 6.99. The number of methoxy groups -OCH3 is 1. The van der Waals surface area contributed by atoms with Crippen LogP contribution in [0.1, 0.15) is 35.4 Å². The first-order chi connectivity index (χ1) is 13.7. The Morgan fingerprint density at radius 3 is 2.68 bits per heavy atom. The summed E-state index contributed by atoms with van der Waals surface area (Å²) in [7, 11) is 1.69. The number of fused-ring (bicyclic) bond motifs is 3. The van der Waals surface area contributed by atoms with Gasteiger partial charge in [-0.05, 0) is 30.3 Å². The van der Waals surface area contributed by atoms with E-state index in [2.05, 4.69) is 51.3 Å². The zero-order chi connectivity index (χ0) is 19.1. The molecule has 2 atom stereocenters. The van der Waals surface area contributed by atoms with E-state index in [9.17, 15) is 0 Å². The van der Waals surface area contributed by atoms with Gasteiger partial charge in [0.05, 0.1) is 18.9 Å². The molecule has 0 unspecified atom stereocenters. The summed E-state index contributed by atoms with van der Waals surface area (Å²) in [5.41, 5.74) is 4.39. The lowest BCUT2D eigenvalue weighted by molar-refractivity contribution is -0.0190. The molecule has 3 aromatic carbocycles. The summed E-state index contributed by atoms with van der Waals surface area (Å²) in [6, 6.07) is 24.7. The fourth-order valence-electron chi connectivity index (χ4n) is 3.86. The van der Waals surface area contributed by atoms with Gasteiger partial charge in [-0.1, -0.05) is 58.4 Å². The highest BCUT2D eigenvalue weighted by Gasteiger charge is 2.40. The van der Waals surface area contributed by atoms with Gasteiger partial charge in [0, 0.05) is 27.6 Å². The van der Waals surface area contributed by atoms with Crippen LogP contribution < -0.4 is 9.47 Å². The minimum atomic E-state index is -0.254. The third-order valence-electron chi connectivity index (χ3n) is 5.26. The summed E-state index contributed by atoms with van der Waals surface area (Å²) in [4.78, 5) is 0. The van der Waals surface area contributed by atoms with E-state index in [-0.39, 0.29) is 12.3 Å². The molecule has 2 heterocycles. The molecule has 0 radical (unpaired) electrons. The number of hydrazone groups is 1. The predicted octanol–water partition coefficient (Wildman–Crippen LogP) is 5.70. The highest BCUT2D eigenvalue weighted by Crippen LogP contribution is 2.47. The van der Waals surface area contributed by atoms with E-state index in [0.717, 1.165) is 39.2 Å². The molecular weight excluding hydrogens is 416 g/mol. The van der Waals surface area contributed by atoms with E-state index < -0.39 is 0 Å². The van der Waals surface area contributed by atoms with Crippen LogP contribution in [-0.2, 0) is 0 Å². The second-order valence-corrected chi connectivity index (χ2v) is 7.85. The van der Waals surface area contributed by atoms with Crippen molar-refractivity contribution in [3.63, 3.8) is 0 Å². The van der Waals surface area contributed by atoms with Gasteiger partial charge in [-0.3, -0.25) is 0 Å². The normalized spacial score (nSPS) is 20.1.